The number of nitro benzene ring substituents is 1. The van der Waals surface area contributed by atoms with Crippen LogP contribution in [0.15, 0.2) is 42.5 Å². The van der Waals surface area contributed by atoms with Crippen LogP contribution in [0.5, 0.6) is 0 Å². The molecule has 0 atom stereocenters. The molecule has 0 bridgehead atoms. The normalized spacial score (nSPS) is 10.2. The lowest BCUT2D eigenvalue weighted by Gasteiger charge is -2.10. The van der Waals surface area contributed by atoms with E-state index in [1.54, 1.807) is 38.4 Å². The summed E-state index contributed by atoms with van der Waals surface area (Å²) < 4.78 is 0. The summed E-state index contributed by atoms with van der Waals surface area (Å²) in [6.07, 6.45) is 0. The van der Waals surface area contributed by atoms with E-state index in [9.17, 15) is 19.7 Å². The SMILES string of the molecule is CN(C)C(=O)c1ccc(-c2ccc(C(=O)O)c([N+](=O)[O-])c2)cc1. The van der Waals surface area contributed by atoms with Gasteiger partial charge < -0.3 is 10.0 Å². The maximum absolute atomic E-state index is 11.8. The third kappa shape index (κ3) is 3.34. The van der Waals surface area contributed by atoms with Gasteiger partial charge in [-0.2, -0.15) is 0 Å². The Morgan fingerprint density at radius 2 is 1.61 bits per heavy atom. The zero-order valence-electron chi connectivity index (χ0n) is 12.5. The van der Waals surface area contributed by atoms with E-state index in [1.807, 2.05) is 0 Å². The fraction of sp³-hybridized carbons (Fsp3) is 0.125. The highest BCUT2D eigenvalue weighted by Gasteiger charge is 2.20. The molecule has 118 valence electrons. The van der Waals surface area contributed by atoms with Crippen molar-refractivity contribution in [2.75, 3.05) is 14.1 Å². The molecular weight excluding hydrogens is 300 g/mol. The smallest absolute Gasteiger partial charge is 0.342 e. The Morgan fingerprint density at radius 1 is 1.04 bits per heavy atom. The molecule has 7 heteroatoms. The highest BCUT2D eigenvalue weighted by Crippen LogP contribution is 2.27. The molecule has 0 unspecified atom stereocenters. The summed E-state index contributed by atoms with van der Waals surface area (Å²) >= 11 is 0. The number of carbonyl (C=O) groups is 2. The molecule has 2 aromatic carbocycles. The van der Waals surface area contributed by atoms with Crippen molar-refractivity contribution < 1.29 is 19.6 Å². The molecular formula is C16H14N2O5. The van der Waals surface area contributed by atoms with Gasteiger partial charge in [-0.05, 0) is 29.3 Å². The average molecular weight is 314 g/mol. The Kier molecular flexibility index (Phi) is 4.40. The quantitative estimate of drug-likeness (QED) is 0.690. The highest BCUT2D eigenvalue weighted by atomic mass is 16.6. The third-order valence-corrected chi connectivity index (χ3v) is 3.30. The fourth-order valence-corrected chi connectivity index (χ4v) is 2.11. The maximum atomic E-state index is 11.8. The van der Waals surface area contributed by atoms with E-state index in [2.05, 4.69) is 0 Å². The maximum Gasteiger partial charge on any atom is 0.342 e. The Hall–Kier alpha value is -3.22. The monoisotopic (exact) mass is 314 g/mol. The number of amides is 1. The van der Waals surface area contributed by atoms with Gasteiger partial charge in [0.15, 0.2) is 0 Å². The first kappa shape index (κ1) is 16.2. The molecule has 0 aromatic heterocycles. The third-order valence-electron chi connectivity index (χ3n) is 3.30. The number of rotatable bonds is 4. The molecule has 23 heavy (non-hydrogen) atoms. The van der Waals surface area contributed by atoms with E-state index >= 15 is 0 Å². The van der Waals surface area contributed by atoms with Crippen molar-refractivity contribution in [2.45, 2.75) is 0 Å². The minimum atomic E-state index is -1.35. The first-order valence-corrected chi connectivity index (χ1v) is 6.65. The zero-order valence-corrected chi connectivity index (χ0v) is 12.5. The molecule has 0 saturated heterocycles. The van der Waals surface area contributed by atoms with Gasteiger partial charge in [-0.15, -0.1) is 0 Å². The van der Waals surface area contributed by atoms with E-state index in [4.69, 9.17) is 5.11 Å². The van der Waals surface area contributed by atoms with Gasteiger partial charge in [0.2, 0.25) is 0 Å². The zero-order chi connectivity index (χ0) is 17.1. The van der Waals surface area contributed by atoms with Crippen LogP contribution in [0.25, 0.3) is 11.1 Å². The van der Waals surface area contributed by atoms with E-state index < -0.39 is 16.6 Å². The topological polar surface area (TPSA) is 101 Å². The second-order valence-electron chi connectivity index (χ2n) is 5.07. The van der Waals surface area contributed by atoms with Gasteiger partial charge in [0.05, 0.1) is 4.92 Å². The Labute approximate surface area is 131 Å². The molecule has 0 heterocycles. The largest absolute Gasteiger partial charge is 0.477 e. The van der Waals surface area contributed by atoms with Crippen LogP contribution >= 0.6 is 0 Å². The number of carboxylic acids is 1. The average Bonchev–Trinajstić information content (AvgIpc) is 2.53. The summed E-state index contributed by atoms with van der Waals surface area (Å²) in [6, 6.07) is 10.5. The number of hydrogen-bond acceptors (Lipinski definition) is 4. The van der Waals surface area contributed by atoms with Crippen molar-refractivity contribution in [3.63, 3.8) is 0 Å². The lowest BCUT2D eigenvalue weighted by atomic mass is 10.0. The van der Waals surface area contributed by atoms with Crippen molar-refractivity contribution in [1.82, 2.24) is 4.90 Å². The van der Waals surface area contributed by atoms with Gasteiger partial charge in [0.1, 0.15) is 5.56 Å². The van der Waals surface area contributed by atoms with Crippen LogP contribution < -0.4 is 0 Å². The molecule has 0 saturated carbocycles. The van der Waals surface area contributed by atoms with Crippen LogP contribution in [-0.2, 0) is 0 Å². The number of hydrogen-bond donors (Lipinski definition) is 1. The highest BCUT2D eigenvalue weighted by molar-refractivity contribution is 5.95. The van der Waals surface area contributed by atoms with Crippen LogP contribution in [-0.4, -0.2) is 40.9 Å². The molecule has 0 spiro atoms. The molecule has 0 aliphatic rings. The van der Waals surface area contributed by atoms with Crippen LogP contribution in [0, 0.1) is 10.1 Å². The Morgan fingerprint density at radius 3 is 2.09 bits per heavy atom. The van der Waals surface area contributed by atoms with Crippen molar-refractivity contribution in [1.29, 1.82) is 0 Å². The lowest BCUT2D eigenvalue weighted by molar-refractivity contribution is -0.385. The van der Waals surface area contributed by atoms with Crippen molar-refractivity contribution in [2.24, 2.45) is 0 Å². The number of aromatic carboxylic acids is 1. The summed E-state index contributed by atoms with van der Waals surface area (Å²) in [4.78, 5) is 34.6. The minimum Gasteiger partial charge on any atom is -0.477 e. The molecule has 2 rings (SSSR count). The van der Waals surface area contributed by atoms with Crippen LogP contribution in [0.1, 0.15) is 20.7 Å². The molecule has 1 amide bonds. The molecule has 7 nitrogen and oxygen atoms in total. The Balaban J connectivity index is 2.43. The fourth-order valence-electron chi connectivity index (χ4n) is 2.11. The van der Waals surface area contributed by atoms with Crippen molar-refractivity contribution in [3.05, 3.63) is 63.7 Å². The van der Waals surface area contributed by atoms with Gasteiger partial charge in [0, 0.05) is 25.7 Å². The summed E-state index contributed by atoms with van der Waals surface area (Å²) in [5.74, 6) is -1.50. The minimum absolute atomic E-state index is 0.149. The molecule has 0 fully saturated rings. The summed E-state index contributed by atoms with van der Waals surface area (Å²) in [7, 11) is 3.29. The predicted molar refractivity (Wildman–Crippen MR) is 83.5 cm³/mol. The van der Waals surface area contributed by atoms with Crippen LogP contribution in [0.3, 0.4) is 0 Å². The van der Waals surface area contributed by atoms with Gasteiger partial charge in [0.25, 0.3) is 11.6 Å². The first-order valence-electron chi connectivity index (χ1n) is 6.65. The van der Waals surface area contributed by atoms with Crippen molar-refractivity contribution in [3.8, 4) is 11.1 Å². The number of nitro groups is 1. The van der Waals surface area contributed by atoms with E-state index in [1.165, 1.54) is 23.1 Å². The standard InChI is InChI=1S/C16H14N2O5/c1-17(2)15(19)11-5-3-10(4-6-11)12-7-8-13(16(20)21)14(9-12)18(22)23/h3-9H,1-2H3,(H,20,21). The second-order valence-corrected chi connectivity index (χ2v) is 5.07. The number of benzene rings is 2. The molecule has 2 aromatic rings. The first-order chi connectivity index (χ1) is 10.8. The second kappa shape index (κ2) is 6.27. The summed E-state index contributed by atoms with van der Waals surface area (Å²) in [6.45, 7) is 0. The van der Waals surface area contributed by atoms with Gasteiger partial charge in [-0.1, -0.05) is 18.2 Å². The Bertz CT molecular complexity index is 782. The lowest BCUT2D eigenvalue weighted by Crippen LogP contribution is -2.21. The summed E-state index contributed by atoms with van der Waals surface area (Å²) in [5.41, 5.74) is 0.822. The molecule has 0 aliphatic carbocycles. The number of nitrogens with zero attached hydrogens (tertiary/aromatic N) is 2. The van der Waals surface area contributed by atoms with Crippen LogP contribution in [0.4, 0.5) is 5.69 Å². The van der Waals surface area contributed by atoms with Crippen LogP contribution in [0.2, 0.25) is 0 Å². The molecule has 1 N–H and O–H groups in total. The van der Waals surface area contributed by atoms with Gasteiger partial charge in [-0.3, -0.25) is 14.9 Å². The molecule has 0 radical (unpaired) electrons. The van der Waals surface area contributed by atoms with Crippen molar-refractivity contribution >= 4 is 17.6 Å². The number of carbonyl (C=O) groups excluding carboxylic acids is 1. The van der Waals surface area contributed by atoms with E-state index in [0.717, 1.165) is 0 Å². The van der Waals surface area contributed by atoms with E-state index in [-0.39, 0.29) is 11.5 Å². The molecule has 0 aliphatic heterocycles. The summed E-state index contributed by atoms with van der Waals surface area (Å²) in [5, 5.41) is 20.0. The van der Waals surface area contributed by atoms with Gasteiger partial charge >= 0.3 is 5.97 Å². The van der Waals surface area contributed by atoms with E-state index in [0.29, 0.717) is 16.7 Å². The number of carboxylic acid groups (broad SMARTS) is 1. The predicted octanol–water partition coefficient (Wildman–Crippen LogP) is 2.66. The van der Waals surface area contributed by atoms with Gasteiger partial charge in [-0.25, -0.2) is 4.79 Å².